The van der Waals surface area contributed by atoms with E-state index >= 15 is 0 Å². The molecule has 5 atom stereocenters. The van der Waals surface area contributed by atoms with Crippen LogP contribution < -0.4 is 19.8 Å². The predicted molar refractivity (Wildman–Crippen MR) is 142 cm³/mol. The first-order chi connectivity index (χ1) is 20.3. The first-order valence-corrected chi connectivity index (χ1v) is 13.3. The summed E-state index contributed by atoms with van der Waals surface area (Å²) in [6, 6.07) is 4.20. The number of fused-ring (bicyclic) bond motifs is 1. The molecule has 1 aliphatic heterocycles. The van der Waals surface area contributed by atoms with Gasteiger partial charge in [-0.25, -0.2) is 4.79 Å². The van der Waals surface area contributed by atoms with Gasteiger partial charge in [-0.3, -0.25) is 24.0 Å². The molecule has 1 aromatic heterocycles. The van der Waals surface area contributed by atoms with Crippen molar-refractivity contribution in [1.82, 2.24) is 0 Å². The number of ether oxygens (including phenoxy) is 8. The van der Waals surface area contributed by atoms with E-state index in [9.17, 15) is 28.8 Å². The van der Waals surface area contributed by atoms with E-state index in [4.69, 9.17) is 42.3 Å². The summed E-state index contributed by atoms with van der Waals surface area (Å²) in [7, 11) is 0. The summed E-state index contributed by atoms with van der Waals surface area (Å²) in [6.07, 6.45) is -7.02. The van der Waals surface area contributed by atoms with Crippen LogP contribution in [0.1, 0.15) is 48.0 Å². The minimum Gasteiger partial charge on any atom is -0.489 e. The first-order valence-electron chi connectivity index (χ1n) is 13.3. The van der Waals surface area contributed by atoms with Crippen molar-refractivity contribution in [3.05, 3.63) is 28.6 Å². The SMILES string of the molecule is CCOc1c(OC(=O)CC)c(=O)oc2cc(O[C@H]3O[C@H](COC(C)=O)[C@@H](OC(C)=O)[C@H](OC(C)=O)[C@@H]3OC(C)=O)ccc12. The molecule has 43 heavy (non-hydrogen) atoms. The Hall–Kier alpha value is -4.66. The Labute approximate surface area is 245 Å². The summed E-state index contributed by atoms with van der Waals surface area (Å²) in [5.74, 6) is -4.14. The third kappa shape index (κ3) is 8.44. The van der Waals surface area contributed by atoms with E-state index in [1.165, 1.54) is 18.2 Å². The molecule has 3 rings (SSSR count). The fourth-order valence-corrected chi connectivity index (χ4v) is 4.19. The maximum Gasteiger partial charge on any atom is 0.383 e. The molecular formula is C28H32O15. The van der Waals surface area contributed by atoms with Gasteiger partial charge in [0.25, 0.3) is 5.75 Å². The summed E-state index contributed by atoms with van der Waals surface area (Å²) < 4.78 is 49.2. The molecule has 2 heterocycles. The molecule has 0 spiro atoms. The quantitative estimate of drug-likeness (QED) is 0.204. The van der Waals surface area contributed by atoms with E-state index in [-0.39, 0.29) is 35.5 Å². The fraction of sp³-hybridized carbons (Fsp3) is 0.500. The van der Waals surface area contributed by atoms with Crippen molar-refractivity contribution in [3.8, 4) is 17.2 Å². The molecule has 234 valence electrons. The maximum atomic E-state index is 12.7. The Morgan fingerprint density at radius 2 is 1.44 bits per heavy atom. The van der Waals surface area contributed by atoms with E-state index in [1.807, 2.05) is 0 Å². The van der Waals surface area contributed by atoms with Crippen LogP contribution in [-0.4, -0.2) is 73.8 Å². The Balaban J connectivity index is 2.07. The number of hydrogen-bond acceptors (Lipinski definition) is 15. The van der Waals surface area contributed by atoms with Crippen LogP contribution in [0.25, 0.3) is 11.0 Å². The van der Waals surface area contributed by atoms with Crippen molar-refractivity contribution in [2.45, 2.75) is 78.7 Å². The van der Waals surface area contributed by atoms with Crippen LogP contribution in [0.15, 0.2) is 27.4 Å². The molecule has 0 N–H and O–H groups in total. The number of esters is 5. The second-order valence-corrected chi connectivity index (χ2v) is 9.15. The normalized spacial score (nSPS) is 21.3. The number of hydrogen-bond donors (Lipinski definition) is 0. The molecule has 2 aromatic rings. The third-order valence-corrected chi connectivity index (χ3v) is 5.79. The monoisotopic (exact) mass is 608 g/mol. The van der Waals surface area contributed by atoms with Gasteiger partial charge >= 0.3 is 35.5 Å². The van der Waals surface area contributed by atoms with E-state index in [0.29, 0.717) is 0 Å². The van der Waals surface area contributed by atoms with Crippen LogP contribution >= 0.6 is 0 Å². The molecule has 1 aliphatic rings. The van der Waals surface area contributed by atoms with E-state index in [2.05, 4.69) is 0 Å². The molecule has 1 aromatic carbocycles. The summed E-state index contributed by atoms with van der Waals surface area (Å²) in [5, 5.41) is 0.272. The molecule has 1 saturated heterocycles. The standard InChI is InChI=1S/C28H32O15/c1-7-21(33)43-25-22(35-8-2)18-10-9-17(11-19(18)41-27(25)34)40-28-26(39-16(6)32)24(38-15(5)31)23(37-14(4)30)20(42-28)12-36-13(3)29/h9-11,20,23-24,26,28H,7-8,12H2,1-6H3/t20-,23-,24+,26+,28+/m1/s1. The van der Waals surface area contributed by atoms with Gasteiger partial charge in [-0.15, -0.1) is 0 Å². The smallest absolute Gasteiger partial charge is 0.383 e. The van der Waals surface area contributed by atoms with Crippen LogP contribution in [0.2, 0.25) is 0 Å². The molecule has 0 bridgehead atoms. The third-order valence-electron chi connectivity index (χ3n) is 5.79. The van der Waals surface area contributed by atoms with Gasteiger partial charge in [-0.2, -0.15) is 0 Å². The van der Waals surface area contributed by atoms with Crippen LogP contribution in [0.5, 0.6) is 17.2 Å². The van der Waals surface area contributed by atoms with Crippen LogP contribution in [-0.2, 0) is 47.7 Å². The average Bonchev–Trinajstić information content (AvgIpc) is 2.91. The predicted octanol–water partition coefficient (Wildman–Crippen LogP) is 1.97. The highest BCUT2D eigenvalue weighted by Gasteiger charge is 2.53. The van der Waals surface area contributed by atoms with Crippen molar-refractivity contribution in [2.24, 2.45) is 0 Å². The van der Waals surface area contributed by atoms with Crippen molar-refractivity contribution in [2.75, 3.05) is 13.2 Å². The van der Waals surface area contributed by atoms with Gasteiger partial charge in [0.2, 0.25) is 12.4 Å². The van der Waals surface area contributed by atoms with Gasteiger partial charge in [-0.05, 0) is 19.1 Å². The van der Waals surface area contributed by atoms with Crippen LogP contribution in [0.3, 0.4) is 0 Å². The van der Waals surface area contributed by atoms with Crippen molar-refractivity contribution < 1.29 is 66.3 Å². The summed E-state index contributed by atoms with van der Waals surface area (Å²) in [6.45, 7) is 7.36. The first kappa shape index (κ1) is 32.8. The lowest BCUT2D eigenvalue weighted by molar-refractivity contribution is -0.288. The average molecular weight is 609 g/mol. The van der Waals surface area contributed by atoms with Gasteiger partial charge in [0, 0.05) is 40.2 Å². The second-order valence-electron chi connectivity index (χ2n) is 9.15. The van der Waals surface area contributed by atoms with Crippen LogP contribution in [0.4, 0.5) is 0 Å². The van der Waals surface area contributed by atoms with Crippen LogP contribution in [0, 0.1) is 0 Å². The van der Waals surface area contributed by atoms with Gasteiger partial charge in [0.05, 0.1) is 12.0 Å². The number of carbonyl (C=O) groups is 5. The molecular weight excluding hydrogens is 576 g/mol. The van der Waals surface area contributed by atoms with Crippen molar-refractivity contribution in [3.63, 3.8) is 0 Å². The molecule has 0 radical (unpaired) electrons. The van der Waals surface area contributed by atoms with E-state index in [0.717, 1.165) is 27.7 Å². The second kappa shape index (κ2) is 14.5. The molecule has 0 saturated carbocycles. The summed E-state index contributed by atoms with van der Waals surface area (Å²) >= 11 is 0. The number of benzene rings is 1. The highest BCUT2D eigenvalue weighted by Crippen LogP contribution is 2.36. The number of rotatable bonds is 11. The Bertz CT molecular complexity index is 1430. The molecule has 0 amide bonds. The zero-order chi connectivity index (χ0) is 31.8. The van der Waals surface area contributed by atoms with Gasteiger partial charge in [0.1, 0.15) is 24.0 Å². The highest BCUT2D eigenvalue weighted by atomic mass is 16.7. The van der Waals surface area contributed by atoms with E-state index in [1.54, 1.807) is 13.8 Å². The zero-order valence-corrected chi connectivity index (χ0v) is 24.4. The Morgan fingerprint density at radius 1 is 0.814 bits per heavy atom. The molecule has 1 fully saturated rings. The van der Waals surface area contributed by atoms with Crippen molar-refractivity contribution in [1.29, 1.82) is 0 Å². The lowest BCUT2D eigenvalue weighted by Gasteiger charge is -2.43. The molecule has 0 aliphatic carbocycles. The lowest BCUT2D eigenvalue weighted by Crippen LogP contribution is -2.63. The Kier molecular flexibility index (Phi) is 11.1. The fourth-order valence-electron chi connectivity index (χ4n) is 4.19. The largest absolute Gasteiger partial charge is 0.489 e. The zero-order valence-electron chi connectivity index (χ0n) is 24.4. The van der Waals surface area contributed by atoms with Crippen molar-refractivity contribution >= 4 is 40.8 Å². The maximum absolute atomic E-state index is 12.7. The summed E-state index contributed by atoms with van der Waals surface area (Å²) in [4.78, 5) is 72.1. The topological polar surface area (TPSA) is 189 Å². The minimum atomic E-state index is -1.51. The lowest BCUT2D eigenvalue weighted by atomic mass is 9.98. The van der Waals surface area contributed by atoms with Gasteiger partial charge in [0.15, 0.2) is 18.0 Å². The Morgan fingerprint density at radius 3 is 2.02 bits per heavy atom. The summed E-state index contributed by atoms with van der Waals surface area (Å²) in [5.41, 5.74) is -1.00. The van der Waals surface area contributed by atoms with Gasteiger partial charge < -0.3 is 42.3 Å². The molecule has 15 nitrogen and oxygen atoms in total. The molecule has 0 unspecified atom stereocenters. The highest BCUT2D eigenvalue weighted by molar-refractivity contribution is 5.88. The minimum absolute atomic E-state index is 0.00576. The van der Waals surface area contributed by atoms with E-state index < -0.39 is 78.5 Å². The number of carbonyl (C=O) groups excluding carboxylic acids is 5. The van der Waals surface area contributed by atoms with Gasteiger partial charge in [-0.1, -0.05) is 6.92 Å². The molecule has 15 heteroatoms.